The van der Waals surface area contributed by atoms with E-state index in [0.29, 0.717) is 18.7 Å². The van der Waals surface area contributed by atoms with Gasteiger partial charge in [0.15, 0.2) is 0 Å². The molecule has 2 N–H and O–H groups in total. The van der Waals surface area contributed by atoms with Crippen LogP contribution in [0.1, 0.15) is 15.9 Å². The summed E-state index contributed by atoms with van der Waals surface area (Å²) < 4.78 is 25.0. The van der Waals surface area contributed by atoms with Crippen LogP contribution in [0.4, 0.5) is 5.69 Å². The number of benzene rings is 1. The minimum absolute atomic E-state index is 0.0554. The minimum Gasteiger partial charge on any atom is -0.478 e. The summed E-state index contributed by atoms with van der Waals surface area (Å²) in [7, 11) is -3.58. The molecule has 1 aliphatic heterocycles. The van der Waals surface area contributed by atoms with Gasteiger partial charge in [-0.2, -0.15) is 0 Å². The molecule has 1 aromatic carbocycles. The van der Waals surface area contributed by atoms with Gasteiger partial charge in [-0.1, -0.05) is 6.07 Å². The molecule has 2 rings (SSSR count). The van der Waals surface area contributed by atoms with Crippen LogP contribution in [0.3, 0.4) is 0 Å². The Labute approximate surface area is 105 Å². The number of aliphatic hydroxyl groups is 1. The quantitative estimate of drug-likeness (QED) is 0.808. The van der Waals surface area contributed by atoms with Crippen molar-refractivity contribution >= 4 is 21.7 Å². The first-order valence-corrected chi connectivity index (χ1v) is 7.04. The normalized spacial score (nSPS) is 14.6. The van der Waals surface area contributed by atoms with E-state index in [2.05, 4.69) is 0 Å². The molecule has 0 radical (unpaired) electrons. The van der Waals surface area contributed by atoms with E-state index in [1.54, 1.807) is 6.07 Å². The Kier molecular flexibility index (Phi) is 3.27. The Morgan fingerprint density at radius 2 is 2.11 bits per heavy atom. The predicted molar refractivity (Wildman–Crippen MR) is 65.3 cm³/mol. The van der Waals surface area contributed by atoms with Gasteiger partial charge in [0.2, 0.25) is 10.0 Å². The molecule has 0 amide bonds. The van der Waals surface area contributed by atoms with Gasteiger partial charge in [0, 0.05) is 6.54 Å². The number of hydrogen-bond donors (Lipinski definition) is 2. The summed E-state index contributed by atoms with van der Waals surface area (Å²) in [5, 5.41) is 17.7. The van der Waals surface area contributed by atoms with Crippen LogP contribution in [0.2, 0.25) is 0 Å². The standard InChI is InChI=1S/C11H13NO5S/c13-5-6-18(16,17)12-4-3-8-1-2-9(11(14)15)7-10(8)12/h1-2,7,13H,3-6H2,(H,14,15). The van der Waals surface area contributed by atoms with Crippen molar-refractivity contribution in [1.82, 2.24) is 0 Å². The fourth-order valence-electron chi connectivity index (χ4n) is 2.00. The molecule has 7 heteroatoms. The van der Waals surface area contributed by atoms with Crippen molar-refractivity contribution in [2.24, 2.45) is 0 Å². The van der Waals surface area contributed by atoms with E-state index >= 15 is 0 Å². The van der Waals surface area contributed by atoms with Crippen LogP contribution in [0.5, 0.6) is 0 Å². The van der Waals surface area contributed by atoms with Crippen LogP contribution in [0, 0.1) is 0 Å². The van der Waals surface area contributed by atoms with Crippen molar-refractivity contribution in [3.05, 3.63) is 29.3 Å². The zero-order valence-electron chi connectivity index (χ0n) is 9.54. The van der Waals surface area contributed by atoms with Crippen LogP contribution in [0.15, 0.2) is 18.2 Å². The second-order valence-corrected chi connectivity index (χ2v) is 6.02. The van der Waals surface area contributed by atoms with Crippen molar-refractivity contribution in [3.63, 3.8) is 0 Å². The fraction of sp³-hybridized carbons (Fsp3) is 0.364. The van der Waals surface area contributed by atoms with E-state index in [1.807, 2.05) is 0 Å². The molecule has 18 heavy (non-hydrogen) atoms. The molecule has 0 unspecified atom stereocenters. The van der Waals surface area contributed by atoms with Crippen LogP contribution in [0.25, 0.3) is 0 Å². The van der Waals surface area contributed by atoms with Gasteiger partial charge in [0.05, 0.1) is 23.6 Å². The maximum absolute atomic E-state index is 11.9. The Balaban J connectivity index is 2.43. The molecule has 0 saturated carbocycles. The molecule has 0 aromatic heterocycles. The zero-order valence-corrected chi connectivity index (χ0v) is 10.4. The first-order valence-electron chi connectivity index (χ1n) is 5.43. The maximum atomic E-state index is 11.9. The average molecular weight is 271 g/mol. The molecule has 1 heterocycles. The van der Waals surface area contributed by atoms with Gasteiger partial charge in [-0.05, 0) is 24.1 Å². The van der Waals surface area contributed by atoms with E-state index < -0.39 is 22.6 Å². The highest BCUT2D eigenvalue weighted by atomic mass is 32.2. The Morgan fingerprint density at radius 3 is 2.72 bits per heavy atom. The van der Waals surface area contributed by atoms with Crippen molar-refractivity contribution in [3.8, 4) is 0 Å². The number of aliphatic hydroxyl groups excluding tert-OH is 1. The van der Waals surface area contributed by atoms with E-state index in [0.717, 1.165) is 5.56 Å². The van der Waals surface area contributed by atoms with Crippen molar-refractivity contribution in [2.45, 2.75) is 6.42 Å². The van der Waals surface area contributed by atoms with Crippen LogP contribution in [-0.2, 0) is 16.4 Å². The third kappa shape index (κ3) is 2.19. The number of hydrogen-bond acceptors (Lipinski definition) is 4. The van der Waals surface area contributed by atoms with E-state index in [4.69, 9.17) is 10.2 Å². The minimum atomic E-state index is -3.58. The monoisotopic (exact) mass is 271 g/mol. The van der Waals surface area contributed by atoms with E-state index in [-0.39, 0.29) is 11.3 Å². The Hall–Kier alpha value is -1.60. The topological polar surface area (TPSA) is 94.9 Å². The van der Waals surface area contributed by atoms with Gasteiger partial charge in [-0.15, -0.1) is 0 Å². The van der Waals surface area contributed by atoms with Gasteiger partial charge in [0.25, 0.3) is 0 Å². The number of carboxylic acids is 1. The summed E-state index contributed by atoms with van der Waals surface area (Å²) in [4.78, 5) is 10.9. The Morgan fingerprint density at radius 1 is 1.39 bits per heavy atom. The number of carboxylic acid groups (broad SMARTS) is 1. The Bertz CT molecular complexity index is 581. The summed E-state index contributed by atoms with van der Waals surface area (Å²) in [5.74, 6) is -1.45. The summed E-state index contributed by atoms with van der Waals surface area (Å²) in [6.45, 7) is -0.159. The molecule has 0 aliphatic carbocycles. The van der Waals surface area contributed by atoms with Crippen molar-refractivity contribution < 1.29 is 23.4 Å². The predicted octanol–water partition coefficient (Wildman–Crippen LogP) is 0.0694. The van der Waals surface area contributed by atoms with Crippen molar-refractivity contribution in [2.75, 3.05) is 23.2 Å². The SMILES string of the molecule is O=C(O)c1ccc2c(c1)N(S(=O)(=O)CCO)CC2. The number of fused-ring (bicyclic) bond motifs is 1. The lowest BCUT2D eigenvalue weighted by Gasteiger charge is -2.19. The van der Waals surface area contributed by atoms with Crippen LogP contribution < -0.4 is 4.31 Å². The van der Waals surface area contributed by atoms with Crippen LogP contribution in [-0.4, -0.2) is 43.5 Å². The van der Waals surface area contributed by atoms with Gasteiger partial charge in [-0.25, -0.2) is 13.2 Å². The molecule has 98 valence electrons. The fourth-order valence-corrected chi connectivity index (χ4v) is 3.29. The highest BCUT2D eigenvalue weighted by Crippen LogP contribution is 2.31. The molecule has 6 nitrogen and oxygen atoms in total. The second kappa shape index (κ2) is 4.58. The third-order valence-corrected chi connectivity index (χ3v) is 4.62. The third-order valence-electron chi connectivity index (χ3n) is 2.87. The lowest BCUT2D eigenvalue weighted by Crippen LogP contribution is -2.32. The summed E-state index contributed by atoms with van der Waals surface area (Å²) in [6.07, 6.45) is 0.555. The molecule has 0 saturated heterocycles. The molecule has 0 atom stereocenters. The van der Waals surface area contributed by atoms with E-state index in [1.165, 1.54) is 16.4 Å². The number of carbonyl (C=O) groups is 1. The van der Waals surface area contributed by atoms with Crippen LogP contribution >= 0.6 is 0 Å². The maximum Gasteiger partial charge on any atom is 0.335 e. The number of anilines is 1. The second-order valence-electron chi connectivity index (χ2n) is 4.01. The first kappa shape index (κ1) is 12.8. The molecular formula is C11H13NO5S. The largest absolute Gasteiger partial charge is 0.478 e. The number of aromatic carboxylic acids is 1. The van der Waals surface area contributed by atoms with Gasteiger partial charge >= 0.3 is 5.97 Å². The molecular weight excluding hydrogens is 258 g/mol. The summed E-state index contributed by atoms with van der Waals surface area (Å²) >= 11 is 0. The first-order chi connectivity index (χ1) is 8.45. The molecule has 0 spiro atoms. The molecule has 0 fully saturated rings. The molecule has 1 aromatic rings. The van der Waals surface area contributed by atoms with Crippen molar-refractivity contribution in [1.29, 1.82) is 0 Å². The van der Waals surface area contributed by atoms with Gasteiger partial charge in [0.1, 0.15) is 0 Å². The lowest BCUT2D eigenvalue weighted by atomic mass is 10.1. The molecule has 1 aliphatic rings. The lowest BCUT2D eigenvalue weighted by molar-refractivity contribution is 0.0697. The average Bonchev–Trinajstić information content (AvgIpc) is 2.71. The smallest absolute Gasteiger partial charge is 0.335 e. The number of rotatable bonds is 4. The van der Waals surface area contributed by atoms with Gasteiger partial charge in [-0.3, -0.25) is 4.31 Å². The zero-order chi connectivity index (χ0) is 13.3. The molecule has 0 bridgehead atoms. The van der Waals surface area contributed by atoms with E-state index in [9.17, 15) is 13.2 Å². The van der Waals surface area contributed by atoms with Gasteiger partial charge < -0.3 is 10.2 Å². The number of nitrogens with zero attached hydrogens (tertiary/aromatic N) is 1. The summed E-state index contributed by atoms with van der Waals surface area (Å²) in [5.41, 5.74) is 1.27. The summed E-state index contributed by atoms with van der Waals surface area (Å²) in [6, 6.07) is 4.45. The number of sulfonamides is 1. The highest BCUT2D eigenvalue weighted by Gasteiger charge is 2.29. The highest BCUT2D eigenvalue weighted by molar-refractivity contribution is 7.92.